The van der Waals surface area contributed by atoms with Crippen molar-refractivity contribution >= 4 is 0 Å². The summed E-state index contributed by atoms with van der Waals surface area (Å²) >= 11 is 0. The van der Waals surface area contributed by atoms with Crippen molar-refractivity contribution < 1.29 is 5.11 Å². The lowest BCUT2D eigenvalue weighted by atomic mass is 9.94. The highest BCUT2D eigenvalue weighted by Gasteiger charge is 2.37. The van der Waals surface area contributed by atoms with Crippen LogP contribution in [0.4, 0.5) is 0 Å². The van der Waals surface area contributed by atoms with E-state index in [9.17, 15) is 5.11 Å². The van der Waals surface area contributed by atoms with Crippen molar-refractivity contribution in [3.05, 3.63) is 53.6 Å². The van der Waals surface area contributed by atoms with Gasteiger partial charge in [-0.3, -0.25) is 0 Å². The number of fused-ring (bicyclic) bond motifs is 1. The van der Waals surface area contributed by atoms with Crippen molar-refractivity contribution in [1.29, 1.82) is 0 Å². The fourth-order valence-corrected chi connectivity index (χ4v) is 2.78. The minimum atomic E-state index is -0.734. The molecule has 3 heteroatoms. The molecule has 1 aromatic carbocycles. The van der Waals surface area contributed by atoms with E-state index in [0.717, 1.165) is 18.4 Å². The van der Waals surface area contributed by atoms with E-state index in [1.807, 2.05) is 22.9 Å². The van der Waals surface area contributed by atoms with Crippen LogP contribution in [0.3, 0.4) is 0 Å². The van der Waals surface area contributed by atoms with Crippen molar-refractivity contribution in [2.75, 3.05) is 0 Å². The van der Waals surface area contributed by atoms with Crippen LogP contribution in [0.2, 0.25) is 0 Å². The predicted molar refractivity (Wildman–Crippen MR) is 65.6 cm³/mol. The summed E-state index contributed by atoms with van der Waals surface area (Å²) in [4.78, 5) is 4.02. The van der Waals surface area contributed by atoms with E-state index in [0.29, 0.717) is 6.54 Å². The molecule has 1 unspecified atom stereocenters. The first-order valence-electron chi connectivity index (χ1n) is 5.96. The van der Waals surface area contributed by atoms with Gasteiger partial charge in [0.2, 0.25) is 0 Å². The standard InChI is InChI=1S/C14H16N2O/c1-11-3-2-4-13-12(11)5-6-14(13,17)9-16-8-7-15-10-16/h2-4,7-8,10,17H,5-6,9H2,1H3. The van der Waals surface area contributed by atoms with Crippen molar-refractivity contribution in [3.8, 4) is 0 Å². The van der Waals surface area contributed by atoms with Crippen molar-refractivity contribution in [1.82, 2.24) is 9.55 Å². The average molecular weight is 228 g/mol. The van der Waals surface area contributed by atoms with Gasteiger partial charge in [0, 0.05) is 12.4 Å². The van der Waals surface area contributed by atoms with Gasteiger partial charge in [-0.1, -0.05) is 18.2 Å². The normalized spacial score (nSPS) is 22.7. The third-order valence-electron chi connectivity index (χ3n) is 3.70. The zero-order chi connectivity index (χ0) is 11.9. The molecule has 3 rings (SSSR count). The average Bonchev–Trinajstić information content (AvgIpc) is 2.90. The number of aromatic nitrogens is 2. The molecule has 17 heavy (non-hydrogen) atoms. The minimum Gasteiger partial charge on any atom is -0.383 e. The molecule has 0 amide bonds. The third-order valence-corrected chi connectivity index (χ3v) is 3.70. The lowest BCUT2D eigenvalue weighted by molar-refractivity contribution is 0.0203. The Kier molecular flexibility index (Phi) is 2.30. The predicted octanol–water partition coefficient (Wildman–Crippen LogP) is 2.03. The van der Waals surface area contributed by atoms with Gasteiger partial charge in [-0.25, -0.2) is 4.98 Å². The fourth-order valence-electron chi connectivity index (χ4n) is 2.78. The van der Waals surface area contributed by atoms with Gasteiger partial charge in [0.1, 0.15) is 5.60 Å². The summed E-state index contributed by atoms with van der Waals surface area (Å²) in [5, 5.41) is 10.8. The van der Waals surface area contributed by atoms with Crippen LogP contribution in [-0.2, 0) is 18.6 Å². The molecule has 1 aliphatic carbocycles. The fraction of sp³-hybridized carbons (Fsp3) is 0.357. The Labute approximate surface area is 101 Å². The number of aliphatic hydroxyl groups is 1. The molecule has 0 saturated carbocycles. The lowest BCUT2D eigenvalue weighted by Crippen LogP contribution is -2.28. The summed E-state index contributed by atoms with van der Waals surface area (Å²) < 4.78 is 1.94. The quantitative estimate of drug-likeness (QED) is 0.854. The van der Waals surface area contributed by atoms with E-state index >= 15 is 0 Å². The van der Waals surface area contributed by atoms with Crippen LogP contribution in [0.15, 0.2) is 36.9 Å². The molecule has 0 bridgehead atoms. The first-order chi connectivity index (χ1) is 8.19. The van der Waals surface area contributed by atoms with Crippen LogP contribution >= 0.6 is 0 Å². The first kappa shape index (κ1) is 10.5. The second-order valence-electron chi connectivity index (χ2n) is 4.87. The largest absolute Gasteiger partial charge is 0.383 e. The van der Waals surface area contributed by atoms with Gasteiger partial charge in [0.15, 0.2) is 0 Å². The Hall–Kier alpha value is -1.61. The highest BCUT2D eigenvalue weighted by molar-refractivity contribution is 5.42. The molecule has 0 spiro atoms. The van der Waals surface area contributed by atoms with Crippen LogP contribution in [0.1, 0.15) is 23.1 Å². The van der Waals surface area contributed by atoms with Gasteiger partial charge in [-0.2, -0.15) is 0 Å². The first-order valence-corrected chi connectivity index (χ1v) is 5.96. The van der Waals surface area contributed by atoms with Crippen LogP contribution in [0, 0.1) is 6.92 Å². The highest BCUT2D eigenvalue weighted by Crippen LogP contribution is 2.39. The zero-order valence-electron chi connectivity index (χ0n) is 9.93. The molecule has 3 nitrogen and oxygen atoms in total. The maximum absolute atomic E-state index is 10.8. The third kappa shape index (κ3) is 1.67. The minimum absolute atomic E-state index is 0.587. The second kappa shape index (κ2) is 3.70. The molecule has 1 atom stereocenters. The van der Waals surface area contributed by atoms with Crippen molar-refractivity contribution in [2.45, 2.75) is 31.9 Å². The van der Waals surface area contributed by atoms with Gasteiger partial charge in [-0.05, 0) is 36.5 Å². The molecule has 0 aliphatic heterocycles. The van der Waals surface area contributed by atoms with Crippen molar-refractivity contribution in [3.63, 3.8) is 0 Å². The number of nitrogens with zero attached hydrogens (tertiary/aromatic N) is 2. The van der Waals surface area contributed by atoms with Gasteiger partial charge in [-0.15, -0.1) is 0 Å². The lowest BCUT2D eigenvalue weighted by Gasteiger charge is -2.24. The van der Waals surface area contributed by atoms with Gasteiger partial charge < -0.3 is 9.67 Å². The Bertz CT molecular complexity index is 533. The second-order valence-corrected chi connectivity index (χ2v) is 4.87. The summed E-state index contributed by atoms with van der Waals surface area (Å²) in [5.74, 6) is 0. The molecular weight excluding hydrogens is 212 g/mol. The van der Waals surface area contributed by atoms with Crippen LogP contribution in [-0.4, -0.2) is 14.7 Å². The van der Waals surface area contributed by atoms with E-state index in [1.54, 1.807) is 12.5 Å². The molecule has 2 aromatic rings. The number of hydrogen-bond donors (Lipinski definition) is 1. The maximum Gasteiger partial charge on any atom is 0.108 e. The van der Waals surface area contributed by atoms with Gasteiger partial charge in [0.05, 0.1) is 12.9 Å². The maximum atomic E-state index is 10.8. The van der Waals surface area contributed by atoms with E-state index in [-0.39, 0.29) is 0 Å². The summed E-state index contributed by atoms with van der Waals surface area (Å²) in [6.45, 7) is 2.70. The number of aryl methyl sites for hydroxylation is 1. The Morgan fingerprint density at radius 2 is 2.35 bits per heavy atom. The Balaban J connectivity index is 1.99. The van der Waals surface area contributed by atoms with Crippen LogP contribution < -0.4 is 0 Å². The van der Waals surface area contributed by atoms with Gasteiger partial charge >= 0.3 is 0 Å². The van der Waals surface area contributed by atoms with E-state index in [2.05, 4.69) is 18.0 Å². The van der Waals surface area contributed by atoms with Crippen LogP contribution in [0.25, 0.3) is 0 Å². The zero-order valence-corrected chi connectivity index (χ0v) is 9.93. The Morgan fingerprint density at radius 3 is 3.12 bits per heavy atom. The summed E-state index contributed by atoms with van der Waals surface area (Å²) in [6, 6.07) is 6.19. The number of benzene rings is 1. The van der Waals surface area contributed by atoms with E-state index in [1.165, 1.54) is 11.1 Å². The molecule has 88 valence electrons. The number of imidazole rings is 1. The number of rotatable bonds is 2. The molecular formula is C14H16N2O. The molecule has 1 N–H and O–H groups in total. The summed E-state index contributed by atoms with van der Waals surface area (Å²) in [5.41, 5.74) is 2.95. The van der Waals surface area contributed by atoms with Crippen LogP contribution in [0.5, 0.6) is 0 Å². The highest BCUT2D eigenvalue weighted by atomic mass is 16.3. The molecule has 1 heterocycles. The van der Waals surface area contributed by atoms with Crippen molar-refractivity contribution in [2.24, 2.45) is 0 Å². The monoisotopic (exact) mass is 228 g/mol. The van der Waals surface area contributed by atoms with E-state index in [4.69, 9.17) is 0 Å². The topological polar surface area (TPSA) is 38.0 Å². The molecule has 1 aromatic heterocycles. The van der Waals surface area contributed by atoms with E-state index < -0.39 is 5.60 Å². The SMILES string of the molecule is Cc1cccc2c1CCC2(O)Cn1ccnc1. The smallest absolute Gasteiger partial charge is 0.108 e. The molecule has 0 saturated heterocycles. The number of hydrogen-bond acceptors (Lipinski definition) is 2. The molecule has 0 fully saturated rings. The Morgan fingerprint density at radius 1 is 1.47 bits per heavy atom. The van der Waals surface area contributed by atoms with Gasteiger partial charge in [0.25, 0.3) is 0 Å². The molecule has 1 aliphatic rings. The summed E-state index contributed by atoms with van der Waals surface area (Å²) in [7, 11) is 0. The molecule has 0 radical (unpaired) electrons. The summed E-state index contributed by atoms with van der Waals surface area (Å²) in [6.07, 6.45) is 7.16.